The maximum Gasteiger partial charge on any atom is 0.250 e. The zero-order valence-electron chi connectivity index (χ0n) is 12.7. The lowest BCUT2D eigenvalue weighted by Crippen LogP contribution is -2.00. The summed E-state index contributed by atoms with van der Waals surface area (Å²) in [5, 5.41) is 7.45. The van der Waals surface area contributed by atoms with Gasteiger partial charge in [0, 0.05) is 18.0 Å². The van der Waals surface area contributed by atoms with Crippen molar-refractivity contribution in [2.75, 3.05) is 0 Å². The van der Waals surface area contributed by atoms with Crippen molar-refractivity contribution >= 4 is 0 Å². The Morgan fingerprint density at radius 3 is 2.74 bits per heavy atom. The Bertz CT molecular complexity index is 787. The third-order valence-electron chi connectivity index (χ3n) is 3.08. The first-order valence-corrected chi connectivity index (χ1v) is 7.11. The molecule has 1 atom stereocenters. The molecule has 0 aliphatic heterocycles. The van der Waals surface area contributed by atoms with Gasteiger partial charge in [-0.3, -0.25) is 4.98 Å². The van der Waals surface area contributed by atoms with Crippen molar-refractivity contribution in [3.05, 3.63) is 53.8 Å². The number of halogens is 1. The van der Waals surface area contributed by atoms with E-state index in [0.29, 0.717) is 18.1 Å². The third kappa shape index (κ3) is 3.68. The lowest BCUT2D eigenvalue weighted by molar-refractivity contribution is 0.288. The maximum atomic E-state index is 13.1. The zero-order valence-corrected chi connectivity index (χ0v) is 12.7. The molecule has 3 aromatic rings. The number of alkyl halides is 1. The van der Waals surface area contributed by atoms with Gasteiger partial charge in [-0.25, -0.2) is 9.37 Å². The van der Waals surface area contributed by atoms with Gasteiger partial charge >= 0.3 is 0 Å². The number of rotatable bonds is 5. The summed E-state index contributed by atoms with van der Waals surface area (Å²) in [5.74, 6) is 0.747. The van der Waals surface area contributed by atoms with E-state index in [9.17, 15) is 4.39 Å². The quantitative estimate of drug-likeness (QED) is 0.718. The Morgan fingerprint density at radius 1 is 1.22 bits per heavy atom. The van der Waals surface area contributed by atoms with Crippen molar-refractivity contribution in [2.45, 2.75) is 26.6 Å². The van der Waals surface area contributed by atoms with Crippen LogP contribution in [0.25, 0.3) is 11.5 Å². The highest BCUT2D eigenvalue weighted by atomic mass is 19.1. The number of aromatic nitrogens is 4. The first-order chi connectivity index (χ1) is 11.1. The van der Waals surface area contributed by atoms with Crippen molar-refractivity contribution in [3.8, 4) is 17.3 Å². The van der Waals surface area contributed by atoms with Gasteiger partial charge in [0.05, 0.1) is 11.3 Å². The molecule has 0 saturated heterocycles. The van der Waals surface area contributed by atoms with Crippen LogP contribution in [0.5, 0.6) is 5.88 Å². The smallest absolute Gasteiger partial charge is 0.250 e. The molecule has 7 heteroatoms. The Morgan fingerprint density at radius 2 is 2.09 bits per heavy atom. The fourth-order valence-corrected chi connectivity index (χ4v) is 1.89. The Kier molecular flexibility index (Phi) is 4.27. The lowest BCUT2D eigenvalue weighted by Gasteiger charge is -2.05. The molecule has 0 aliphatic rings. The molecule has 23 heavy (non-hydrogen) atoms. The predicted octanol–water partition coefficient (Wildman–Crippen LogP) is 3.44. The van der Waals surface area contributed by atoms with E-state index in [1.807, 2.05) is 19.1 Å². The largest absolute Gasteiger partial charge is 0.471 e. The van der Waals surface area contributed by atoms with E-state index in [1.165, 1.54) is 6.92 Å². The molecule has 3 aromatic heterocycles. The predicted molar refractivity (Wildman–Crippen MR) is 80.4 cm³/mol. The fraction of sp³-hybridized carbons (Fsp3) is 0.250. The minimum atomic E-state index is -1.29. The molecular weight excluding hydrogens is 299 g/mol. The summed E-state index contributed by atoms with van der Waals surface area (Å²) in [5.41, 5.74) is 2.25. The SMILES string of the molecule is Cc1cccc(OCc2ccc(-c3nnc(C(C)F)o3)cn2)n1. The van der Waals surface area contributed by atoms with Gasteiger partial charge < -0.3 is 9.15 Å². The van der Waals surface area contributed by atoms with Crippen LogP contribution in [-0.2, 0) is 6.61 Å². The standard InChI is InChI=1S/C16H15FN4O2/c1-10-4-3-5-14(19-10)22-9-13-7-6-12(8-18-13)16-21-20-15(23-16)11(2)17/h3-8,11H,9H2,1-2H3. The van der Waals surface area contributed by atoms with E-state index >= 15 is 0 Å². The number of pyridine rings is 2. The molecule has 0 aromatic carbocycles. The van der Waals surface area contributed by atoms with E-state index < -0.39 is 6.17 Å². The Balaban J connectivity index is 1.67. The molecule has 6 nitrogen and oxygen atoms in total. The molecular formula is C16H15FN4O2. The Hall–Kier alpha value is -2.83. The number of aryl methyl sites for hydroxylation is 1. The van der Waals surface area contributed by atoms with Crippen molar-refractivity contribution in [1.29, 1.82) is 0 Å². The maximum absolute atomic E-state index is 13.1. The van der Waals surface area contributed by atoms with Crippen LogP contribution in [0.3, 0.4) is 0 Å². The van der Waals surface area contributed by atoms with E-state index in [-0.39, 0.29) is 11.8 Å². The molecule has 0 aliphatic carbocycles. The molecule has 0 N–H and O–H groups in total. The van der Waals surface area contributed by atoms with Crippen LogP contribution in [0.2, 0.25) is 0 Å². The van der Waals surface area contributed by atoms with Crippen molar-refractivity contribution in [2.24, 2.45) is 0 Å². The molecule has 3 rings (SSSR count). The highest BCUT2D eigenvalue weighted by Gasteiger charge is 2.14. The summed E-state index contributed by atoms with van der Waals surface area (Å²) in [4.78, 5) is 8.53. The highest BCUT2D eigenvalue weighted by Crippen LogP contribution is 2.21. The van der Waals surface area contributed by atoms with Gasteiger partial charge in [0.15, 0.2) is 6.17 Å². The molecule has 0 radical (unpaired) electrons. The number of hydrogen-bond donors (Lipinski definition) is 0. The van der Waals surface area contributed by atoms with Crippen molar-refractivity contribution in [1.82, 2.24) is 20.2 Å². The molecule has 0 amide bonds. The molecule has 0 bridgehead atoms. The number of nitrogens with zero attached hydrogens (tertiary/aromatic N) is 4. The highest BCUT2D eigenvalue weighted by molar-refractivity contribution is 5.50. The molecule has 0 saturated carbocycles. The third-order valence-corrected chi connectivity index (χ3v) is 3.08. The zero-order chi connectivity index (χ0) is 16.2. The number of ether oxygens (including phenoxy) is 1. The summed E-state index contributed by atoms with van der Waals surface area (Å²) in [6.45, 7) is 3.54. The second-order valence-electron chi connectivity index (χ2n) is 5.01. The monoisotopic (exact) mass is 314 g/mol. The van der Waals surface area contributed by atoms with Crippen LogP contribution < -0.4 is 4.74 Å². The van der Waals surface area contributed by atoms with Crippen LogP contribution in [-0.4, -0.2) is 20.2 Å². The van der Waals surface area contributed by atoms with Crippen LogP contribution >= 0.6 is 0 Å². The first-order valence-electron chi connectivity index (χ1n) is 7.11. The van der Waals surface area contributed by atoms with Gasteiger partial charge in [-0.05, 0) is 32.0 Å². The van der Waals surface area contributed by atoms with Gasteiger partial charge in [0.25, 0.3) is 5.89 Å². The van der Waals surface area contributed by atoms with E-state index in [4.69, 9.17) is 9.15 Å². The van der Waals surface area contributed by atoms with Gasteiger partial charge in [0.2, 0.25) is 11.8 Å². The summed E-state index contributed by atoms with van der Waals surface area (Å²) in [6.07, 6.45) is 0.293. The second-order valence-corrected chi connectivity index (χ2v) is 5.01. The minimum Gasteiger partial charge on any atom is -0.471 e. The number of hydrogen-bond acceptors (Lipinski definition) is 6. The Labute approximate surface area is 132 Å². The average molecular weight is 314 g/mol. The molecule has 3 heterocycles. The average Bonchev–Trinajstić information content (AvgIpc) is 3.04. The van der Waals surface area contributed by atoms with E-state index in [2.05, 4.69) is 20.2 Å². The molecule has 0 spiro atoms. The molecule has 1 unspecified atom stereocenters. The van der Waals surface area contributed by atoms with Gasteiger partial charge in [-0.1, -0.05) is 6.07 Å². The molecule has 118 valence electrons. The second kappa shape index (κ2) is 6.51. The van der Waals surface area contributed by atoms with Crippen molar-refractivity contribution < 1.29 is 13.5 Å². The first kappa shape index (κ1) is 15.1. The van der Waals surface area contributed by atoms with Crippen LogP contribution in [0, 0.1) is 6.92 Å². The van der Waals surface area contributed by atoms with Gasteiger partial charge in [-0.15, -0.1) is 10.2 Å². The van der Waals surface area contributed by atoms with E-state index in [1.54, 1.807) is 24.4 Å². The normalized spacial score (nSPS) is 12.1. The topological polar surface area (TPSA) is 73.9 Å². The van der Waals surface area contributed by atoms with Crippen LogP contribution in [0.15, 0.2) is 40.9 Å². The molecule has 0 fully saturated rings. The summed E-state index contributed by atoms with van der Waals surface area (Å²) in [7, 11) is 0. The van der Waals surface area contributed by atoms with Gasteiger partial charge in [-0.2, -0.15) is 0 Å². The van der Waals surface area contributed by atoms with Crippen LogP contribution in [0.1, 0.15) is 30.4 Å². The summed E-state index contributed by atoms with van der Waals surface area (Å²) >= 11 is 0. The van der Waals surface area contributed by atoms with Crippen molar-refractivity contribution in [3.63, 3.8) is 0 Å². The summed E-state index contributed by atoms with van der Waals surface area (Å²) < 4.78 is 23.9. The van der Waals surface area contributed by atoms with E-state index in [0.717, 1.165) is 11.4 Å². The van der Waals surface area contributed by atoms with Crippen LogP contribution in [0.4, 0.5) is 4.39 Å². The lowest BCUT2D eigenvalue weighted by atomic mass is 10.2. The minimum absolute atomic E-state index is 0.0436. The fourth-order valence-electron chi connectivity index (χ4n) is 1.89. The van der Waals surface area contributed by atoms with Gasteiger partial charge in [0.1, 0.15) is 6.61 Å². The summed E-state index contributed by atoms with van der Waals surface area (Å²) in [6, 6.07) is 9.13.